The van der Waals surface area contributed by atoms with Crippen molar-refractivity contribution in [3.8, 4) is 22.6 Å². The van der Waals surface area contributed by atoms with Gasteiger partial charge in [-0.15, -0.1) is 0 Å². The summed E-state index contributed by atoms with van der Waals surface area (Å²) in [5.41, 5.74) is 8.44. The molecule has 0 saturated carbocycles. The predicted molar refractivity (Wildman–Crippen MR) is 148 cm³/mol. The van der Waals surface area contributed by atoms with Crippen molar-refractivity contribution in [1.29, 1.82) is 0 Å². The fourth-order valence-electron chi connectivity index (χ4n) is 4.94. The maximum Gasteiger partial charge on any atom is 0.134 e. The molecule has 0 amide bonds. The largest absolute Gasteiger partial charge is 0.507 e. The molecular formula is C30H47O2P. The maximum absolute atomic E-state index is 11.8. The summed E-state index contributed by atoms with van der Waals surface area (Å²) in [6, 6.07) is 4.52. The van der Waals surface area contributed by atoms with Crippen LogP contribution < -0.4 is 4.52 Å². The number of benzene rings is 2. The van der Waals surface area contributed by atoms with Crippen molar-refractivity contribution in [2.75, 3.05) is 0 Å². The van der Waals surface area contributed by atoms with Crippen molar-refractivity contribution in [3.05, 3.63) is 45.5 Å². The van der Waals surface area contributed by atoms with Crippen LogP contribution in [0.1, 0.15) is 116 Å². The molecule has 0 spiro atoms. The van der Waals surface area contributed by atoms with Crippen molar-refractivity contribution in [2.24, 2.45) is 0 Å². The van der Waals surface area contributed by atoms with Gasteiger partial charge < -0.3 is 9.63 Å². The Bertz CT molecular complexity index is 1010. The molecule has 0 aliphatic heterocycles. The molecular weight excluding hydrogens is 423 g/mol. The Labute approximate surface area is 205 Å². The van der Waals surface area contributed by atoms with Crippen LogP contribution in [-0.4, -0.2) is 5.11 Å². The highest BCUT2D eigenvalue weighted by Crippen LogP contribution is 2.52. The van der Waals surface area contributed by atoms with Gasteiger partial charge in [0.15, 0.2) is 0 Å². The van der Waals surface area contributed by atoms with Crippen molar-refractivity contribution in [1.82, 2.24) is 0 Å². The second-order valence-corrected chi connectivity index (χ2v) is 14.0. The molecule has 0 heterocycles. The van der Waals surface area contributed by atoms with Gasteiger partial charge in [0.2, 0.25) is 0 Å². The third-order valence-electron chi connectivity index (χ3n) is 6.70. The molecule has 2 aromatic carbocycles. The molecule has 0 aliphatic rings. The average Bonchev–Trinajstić information content (AvgIpc) is 2.58. The van der Waals surface area contributed by atoms with Gasteiger partial charge in [0.05, 0.1) is 9.47 Å². The van der Waals surface area contributed by atoms with Gasteiger partial charge in [0, 0.05) is 22.3 Å². The monoisotopic (exact) mass is 470 g/mol. The standard InChI is InChI=1S/C30H47O2P/c1-17-19(27(3,4)5)15-21(29(9,10)11)25(31)23(17)24-18(2)20(28(6,7)8)16-22(26(24)32-33)30(12,13)14/h15-16,31H,33H2,1-14H3. The van der Waals surface area contributed by atoms with E-state index in [0.717, 1.165) is 39.1 Å². The summed E-state index contributed by atoms with van der Waals surface area (Å²) in [6.07, 6.45) is 0. The first-order chi connectivity index (χ1) is 14.6. The summed E-state index contributed by atoms with van der Waals surface area (Å²) < 4.78 is 6.07. The van der Waals surface area contributed by atoms with Crippen LogP contribution in [0.3, 0.4) is 0 Å². The molecule has 1 atom stereocenters. The third-order valence-corrected chi connectivity index (χ3v) is 6.93. The molecule has 3 heteroatoms. The Morgan fingerprint density at radius 2 is 0.909 bits per heavy atom. The van der Waals surface area contributed by atoms with Crippen LogP contribution in [0.2, 0.25) is 0 Å². The molecule has 184 valence electrons. The number of rotatable bonds is 2. The molecule has 33 heavy (non-hydrogen) atoms. The lowest BCUT2D eigenvalue weighted by Crippen LogP contribution is -2.21. The molecule has 2 rings (SSSR count). The average molecular weight is 471 g/mol. The molecule has 0 fully saturated rings. The molecule has 0 aliphatic carbocycles. The number of phenols is 1. The van der Waals surface area contributed by atoms with Gasteiger partial charge in [0.25, 0.3) is 0 Å². The van der Waals surface area contributed by atoms with E-state index in [0.29, 0.717) is 5.75 Å². The number of aromatic hydroxyl groups is 1. The van der Waals surface area contributed by atoms with Crippen LogP contribution in [0.15, 0.2) is 12.1 Å². The first-order valence-electron chi connectivity index (χ1n) is 12.1. The van der Waals surface area contributed by atoms with Crippen molar-refractivity contribution < 1.29 is 9.63 Å². The Hall–Kier alpha value is -1.53. The molecule has 2 aromatic rings. The van der Waals surface area contributed by atoms with Crippen LogP contribution in [0.25, 0.3) is 11.1 Å². The molecule has 0 radical (unpaired) electrons. The van der Waals surface area contributed by atoms with Crippen LogP contribution >= 0.6 is 9.47 Å². The second-order valence-electron chi connectivity index (χ2n) is 13.7. The van der Waals surface area contributed by atoms with E-state index in [-0.39, 0.29) is 21.7 Å². The van der Waals surface area contributed by atoms with Gasteiger partial charge in [-0.2, -0.15) is 0 Å². The van der Waals surface area contributed by atoms with Crippen LogP contribution in [0.4, 0.5) is 0 Å². The maximum atomic E-state index is 11.8. The number of phenolic OH excluding ortho intramolecular Hbond substituents is 1. The van der Waals surface area contributed by atoms with E-state index < -0.39 is 0 Å². The highest BCUT2D eigenvalue weighted by Gasteiger charge is 2.34. The van der Waals surface area contributed by atoms with Gasteiger partial charge in [-0.3, -0.25) is 0 Å². The minimum Gasteiger partial charge on any atom is -0.507 e. The summed E-state index contributed by atoms with van der Waals surface area (Å²) in [4.78, 5) is 0. The van der Waals surface area contributed by atoms with Gasteiger partial charge in [-0.25, -0.2) is 0 Å². The zero-order valence-corrected chi connectivity index (χ0v) is 24.7. The van der Waals surface area contributed by atoms with Crippen molar-refractivity contribution in [2.45, 2.75) is 119 Å². The minimum absolute atomic E-state index is 0.0454. The smallest absolute Gasteiger partial charge is 0.134 e. The SMILES string of the molecule is Cc1c(C(C)(C)C)cc(C(C)(C)C)c(O)c1-c1c(C)c(C(C)(C)C)cc(C(C)(C)C)c1OP. The summed E-state index contributed by atoms with van der Waals surface area (Å²) in [7, 11) is 2.46. The van der Waals surface area contributed by atoms with E-state index in [1.165, 1.54) is 11.1 Å². The van der Waals surface area contributed by atoms with Crippen LogP contribution in [-0.2, 0) is 21.7 Å². The molecule has 0 bridgehead atoms. The van der Waals surface area contributed by atoms with Gasteiger partial charge in [0.1, 0.15) is 11.5 Å². The van der Waals surface area contributed by atoms with Gasteiger partial charge in [-0.1, -0.05) is 95.2 Å². The number of hydrogen-bond acceptors (Lipinski definition) is 2. The Morgan fingerprint density at radius 1 is 0.576 bits per heavy atom. The fourth-order valence-corrected chi connectivity index (χ4v) is 5.19. The van der Waals surface area contributed by atoms with E-state index >= 15 is 0 Å². The first-order valence-corrected chi connectivity index (χ1v) is 12.5. The summed E-state index contributed by atoms with van der Waals surface area (Å²) >= 11 is 0. The second kappa shape index (κ2) is 8.60. The summed E-state index contributed by atoms with van der Waals surface area (Å²) in [5, 5.41) is 11.8. The number of hydrogen-bond donors (Lipinski definition) is 1. The lowest BCUT2D eigenvalue weighted by atomic mass is 9.72. The van der Waals surface area contributed by atoms with Crippen LogP contribution in [0, 0.1) is 13.8 Å². The first kappa shape index (κ1) is 27.7. The summed E-state index contributed by atoms with van der Waals surface area (Å²) in [5.74, 6) is 1.20. The fraction of sp³-hybridized carbons (Fsp3) is 0.600. The van der Waals surface area contributed by atoms with E-state index in [9.17, 15) is 5.11 Å². The zero-order chi connectivity index (χ0) is 25.9. The predicted octanol–water partition coefficient (Wildman–Crippen LogP) is 9.03. The Kier molecular flexibility index (Phi) is 7.22. The van der Waals surface area contributed by atoms with E-state index in [2.05, 4.69) is 119 Å². The summed E-state index contributed by atoms with van der Waals surface area (Å²) in [6.45, 7) is 31.0. The Morgan fingerprint density at radius 3 is 1.24 bits per heavy atom. The van der Waals surface area contributed by atoms with Crippen molar-refractivity contribution in [3.63, 3.8) is 0 Å². The highest BCUT2D eigenvalue weighted by atomic mass is 31.0. The third kappa shape index (κ3) is 5.27. The van der Waals surface area contributed by atoms with E-state index in [1.807, 2.05) is 0 Å². The molecule has 0 aromatic heterocycles. The van der Waals surface area contributed by atoms with Crippen molar-refractivity contribution >= 4 is 9.47 Å². The molecule has 2 nitrogen and oxygen atoms in total. The normalized spacial score (nSPS) is 13.4. The lowest BCUT2D eigenvalue weighted by molar-refractivity contribution is 0.445. The topological polar surface area (TPSA) is 29.5 Å². The lowest BCUT2D eigenvalue weighted by Gasteiger charge is -2.34. The van der Waals surface area contributed by atoms with E-state index in [4.69, 9.17) is 4.52 Å². The van der Waals surface area contributed by atoms with E-state index in [1.54, 1.807) is 0 Å². The van der Waals surface area contributed by atoms with Gasteiger partial charge in [-0.05, 0) is 57.8 Å². The quantitative estimate of drug-likeness (QED) is 0.444. The molecule has 1 N–H and O–H groups in total. The minimum atomic E-state index is -0.198. The van der Waals surface area contributed by atoms with Gasteiger partial charge >= 0.3 is 0 Å². The molecule has 1 unspecified atom stereocenters. The molecule has 0 saturated heterocycles. The van der Waals surface area contributed by atoms with Crippen LogP contribution in [0.5, 0.6) is 11.5 Å². The highest BCUT2D eigenvalue weighted by molar-refractivity contribution is 7.10. The zero-order valence-electron chi connectivity index (χ0n) is 23.6. The Balaban J connectivity index is 3.28.